The molecule has 1 N–H and O–H groups in total. The third-order valence-electron chi connectivity index (χ3n) is 2.63. The second-order valence-corrected chi connectivity index (χ2v) is 6.42. The van der Waals surface area contributed by atoms with Crippen LogP contribution in [0.1, 0.15) is 12.5 Å². The highest BCUT2D eigenvalue weighted by atomic mass is 32.2. The van der Waals surface area contributed by atoms with Crippen LogP contribution in [0.4, 0.5) is 0 Å². The van der Waals surface area contributed by atoms with Gasteiger partial charge in [0.2, 0.25) is 5.91 Å². The number of rotatable bonds is 6. The summed E-state index contributed by atoms with van der Waals surface area (Å²) in [4.78, 5) is 12.0. The normalized spacial score (nSPS) is 11.9. The third kappa shape index (κ3) is 3.94. The molecule has 20 heavy (non-hydrogen) atoms. The van der Waals surface area contributed by atoms with Crippen LogP contribution in [0.2, 0.25) is 0 Å². The molecule has 0 aliphatic heterocycles. The fourth-order valence-electron chi connectivity index (χ4n) is 1.59. The SMILES string of the molecule is COc1ccccc1CNC(=O)[C@H](C)Sc1nncs1. The molecule has 0 saturated carbocycles. The van der Waals surface area contributed by atoms with E-state index in [1.54, 1.807) is 12.6 Å². The first-order valence-electron chi connectivity index (χ1n) is 6.03. The van der Waals surface area contributed by atoms with Crippen LogP contribution >= 0.6 is 23.1 Å². The van der Waals surface area contributed by atoms with E-state index >= 15 is 0 Å². The predicted molar refractivity (Wildman–Crippen MR) is 80.1 cm³/mol. The quantitative estimate of drug-likeness (QED) is 0.830. The summed E-state index contributed by atoms with van der Waals surface area (Å²) < 4.78 is 6.05. The summed E-state index contributed by atoms with van der Waals surface area (Å²) in [7, 11) is 1.62. The number of methoxy groups -OCH3 is 1. The molecule has 0 spiro atoms. The molecule has 2 aromatic rings. The molecular weight excluding hydrogens is 294 g/mol. The van der Waals surface area contributed by atoms with Gasteiger partial charge in [-0.1, -0.05) is 41.3 Å². The van der Waals surface area contributed by atoms with Gasteiger partial charge in [-0.05, 0) is 13.0 Å². The lowest BCUT2D eigenvalue weighted by Gasteiger charge is -2.12. The van der Waals surface area contributed by atoms with Crippen molar-refractivity contribution in [3.8, 4) is 5.75 Å². The number of benzene rings is 1. The second kappa shape index (κ2) is 7.25. The minimum absolute atomic E-state index is 0.0314. The molecule has 0 bridgehead atoms. The predicted octanol–water partition coefficient (Wildman–Crippen LogP) is 2.34. The largest absolute Gasteiger partial charge is 0.496 e. The number of nitrogens with one attached hydrogen (secondary N) is 1. The van der Waals surface area contributed by atoms with E-state index < -0.39 is 0 Å². The van der Waals surface area contributed by atoms with Gasteiger partial charge in [-0.25, -0.2) is 0 Å². The van der Waals surface area contributed by atoms with Crippen molar-refractivity contribution < 1.29 is 9.53 Å². The standard InChI is InChI=1S/C13H15N3O2S2/c1-9(20-13-16-15-8-19-13)12(17)14-7-10-5-3-4-6-11(10)18-2/h3-6,8-9H,7H2,1-2H3,(H,14,17)/t9-/m0/s1. The topological polar surface area (TPSA) is 64.1 Å². The Morgan fingerprint density at radius 3 is 3.00 bits per heavy atom. The zero-order valence-corrected chi connectivity index (χ0v) is 12.8. The van der Waals surface area contributed by atoms with Crippen LogP contribution in [-0.2, 0) is 11.3 Å². The maximum absolute atomic E-state index is 12.0. The van der Waals surface area contributed by atoms with E-state index in [0.29, 0.717) is 6.54 Å². The van der Waals surface area contributed by atoms with Crippen LogP contribution in [0.5, 0.6) is 5.75 Å². The number of carbonyl (C=O) groups is 1. The van der Waals surface area contributed by atoms with Crippen molar-refractivity contribution in [2.45, 2.75) is 23.1 Å². The van der Waals surface area contributed by atoms with Gasteiger partial charge >= 0.3 is 0 Å². The Labute approximate surface area is 125 Å². The summed E-state index contributed by atoms with van der Waals surface area (Å²) in [6.07, 6.45) is 0. The van der Waals surface area contributed by atoms with E-state index in [2.05, 4.69) is 15.5 Å². The Hall–Kier alpha value is -1.60. The van der Waals surface area contributed by atoms with Gasteiger partial charge in [0.05, 0.1) is 12.4 Å². The van der Waals surface area contributed by atoms with Gasteiger partial charge in [-0.15, -0.1) is 10.2 Å². The lowest BCUT2D eigenvalue weighted by Crippen LogP contribution is -2.30. The maximum Gasteiger partial charge on any atom is 0.233 e. The first-order chi connectivity index (χ1) is 9.70. The molecule has 1 aromatic heterocycles. The average molecular weight is 309 g/mol. The Balaban J connectivity index is 1.88. The van der Waals surface area contributed by atoms with Gasteiger partial charge in [-0.2, -0.15) is 0 Å². The van der Waals surface area contributed by atoms with Crippen molar-refractivity contribution in [2.75, 3.05) is 7.11 Å². The molecule has 1 aromatic carbocycles. The fourth-order valence-corrected chi connectivity index (χ4v) is 3.24. The van der Waals surface area contributed by atoms with E-state index in [0.717, 1.165) is 15.7 Å². The van der Waals surface area contributed by atoms with Gasteiger partial charge in [-0.3, -0.25) is 4.79 Å². The number of carbonyl (C=O) groups excluding carboxylic acids is 1. The van der Waals surface area contributed by atoms with Crippen molar-refractivity contribution in [3.05, 3.63) is 35.3 Å². The van der Waals surface area contributed by atoms with Gasteiger partial charge < -0.3 is 10.1 Å². The van der Waals surface area contributed by atoms with Gasteiger partial charge in [0.25, 0.3) is 0 Å². The van der Waals surface area contributed by atoms with Crippen molar-refractivity contribution >= 4 is 29.0 Å². The van der Waals surface area contributed by atoms with E-state index in [1.165, 1.54) is 23.1 Å². The third-order valence-corrected chi connectivity index (χ3v) is 4.54. The first-order valence-corrected chi connectivity index (χ1v) is 7.79. The number of ether oxygens (including phenoxy) is 1. The summed E-state index contributed by atoms with van der Waals surface area (Å²) >= 11 is 2.83. The van der Waals surface area contributed by atoms with Crippen molar-refractivity contribution in [2.24, 2.45) is 0 Å². The van der Waals surface area contributed by atoms with E-state index in [1.807, 2.05) is 31.2 Å². The van der Waals surface area contributed by atoms with E-state index in [-0.39, 0.29) is 11.2 Å². The Morgan fingerprint density at radius 2 is 2.30 bits per heavy atom. The number of hydrogen-bond donors (Lipinski definition) is 1. The highest BCUT2D eigenvalue weighted by Gasteiger charge is 2.16. The zero-order chi connectivity index (χ0) is 14.4. The van der Waals surface area contributed by atoms with Crippen LogP contribution in [0, 0.1) is 0 Å². The lowest BCUT2D eigenvalue weighted by molar-refractivity contribution is -0.120. The molecule has 5 nitrogen and oxygen atoms in total. The van der Waals surface area contributed by atoms with Crippen LogP contribution in [0.3, 0.4) is 0 Å². The molecule has 0 fully saturated rings. The Bertz CT molecular complexity index is 561. The van der Waals surface area contributed by atoms with Crippen LogP contribution < -0.4 is 10.1 Å². The number of thioether (sulfide) groups is 1. The number of hydrogen-bond acceptors (Lipinski definition) is 6. The molecule has 0 saturated heterocycles. The highest BCUT2D eigenvalue weighted by Crippen LogP contribution is 2.24. The Morgan fingerprint density at radius 1 is 1.50 bits per heavy atom. The molecule has 7 heteroatoms. The van der Waals surface area contributed by atoms with E-state index in [4.69, 9.17) is 4.74 Å². The molecule has 0 unspecified atom stereocenters. The lowest BCUT2D eigenvalue weighted by atomic mass is 10.2. The minimum atomic E-state index is -0.211. The molecular formula is C13H15N3O2S2. The fraction of sp³-hybridized carbons (Fsp3) is 0.308. The number of aromatic nitrogens is 2. The molecule has 2 rings (SSSR count). The molecule has 1 atom stereocenters. The first kappa shape index (κ1) is 14.8. The highest BCUT2D eigenvalue weighted by molar-refractivity contribution is 8.02. The summed E-state index contributed by atoms with van der Waals surface area (Å²) in [6, 6.07) is 7.63. The van der Waals surface area contributed by atoms with Crippen molar-refractivity contribution in [3.63, 3.8) is 0 Å². The summed E-state index contributed by atoms with van der Waals surface area (Å²) in [5.41, 5.74) is 2.61. The smallest absolute Gasteiger partial charge is 0.233 e. The molecule has 0 aliphatic carbocycles. The molecule has 1 heterocycles. The Kier molecular flexibility index (Phi) is 5.37. The van der Waals surface area contributed by atoms with E-state index in [9.17, 15) is 4.79 Å². The van der Waals surface area contributed by atoms with Gasteiger partial charge in [0, 0.05) is 12.1 Å². The minimum Gasteiger partial charge on any atom is -0.496 e. The summed E-state index contributed by atoms with van der Waals surface area (Å²) in [6.45, 7) is 2.30. The number of nitrogens with zero attached hydrogens (tertiary/aromatic N) is 2. The monoisotopic (exact) mass is 309 g/mol. The van der Waals surface area contributed by atoms with Crippen LogP contribution in [0.25, 0.3) is 0 Å². The molecule has 0 aliphatic rings. The van der Waals surface area contributed by atoms with Crippen molar-refractivity contribution in [1.29, 1.82) is 0 Å². The van der Waals surface area contributed by atoms with Crippen LogP contribution in [0.15, 0.2) is 34.1 Å². The van der Waals surface area contributed by atoms with Gasteiger partial charge in [0.15, 0.2) is 4.34 Å². The van der Waals surface area contributed by atoms with Gasteiger partial charge in [0.1, 0.15) is 11.3 Å². The average Bonchev–Trinajstić information content (AvgIpc) is 2.97. The second-order valence-electron chi connectivity index (χ2n) is 3.99. The van der Waals surface area contributed by atoms with Crippen LogP contribution in [-0.4, -0.2) is 28.5 Å². The number of amides is 1. The molecule has 0 radical (unpaired) electrons. The molecule has 106 valence electrons. The zero-order valence-electron chi connectivity index (χ0n) is 11.2. The summed E-state index contributed by atoms with van der Waals surface area (Å²) in [5, 5.41) is 10.4. The molecule has 1 amide bonds. The summed E-state index contributed by atoms with van der Waals surface area (Å²) in [5.74, 6) is 0.744. The maximum atomic E-state index is 12.0. The number of para-hydroxylation sites is 1. The van der Waals surface area contributed by atoms with Crippen molar-refractivity contribution in [1.82, 2.24) is 15.5 Å².